The molecular formula is C12H16ClN3. The van der Waals surface area contributed by atoms with E-state index < -0.39 is 0 Å². The first kappa shape index (κ1) is 12.8. The van der Waals surface area contributed by atoms with Gasteiger partial charge >= 0.3 is 0 Å². The normalized spacial score (nSPS) is 10.2. The van der Waals surface area contributed by atoms with Crippen LogP contribution in [0, 0.1) is 17.2 Å². The van der Waals surface area contributed by atoms with Crippen LogP contribution in [0.2, 0.25) is 5.02 Å². The monoisotopic (exact) mass is 237 g/mol. The molecule has 1 heterocycles. The first-order chi connectivity index (χ1) is 7.72. The highest BCUT2D eigenvalue weighted by Gasteiger charge is 2.08. The summed E-state index contributed by atoms with van der Waals surface area (Å²) in [5.74, 6) is 1.22. The van der Waals surface area contributed by atoms with E-state index in [1.165, 1.54) is 0 Å². The third-order valence-corrected chi connectivity index (χ3v) is 3.11. The van der Waals surface area contributed by atoms with Crippen molar-refractivity contribution >= 4 is 17.4 Å². The van der Waals surface area contributed by atoms with Crippen LogP contribution >= 0.6 is 11.6 Å². The lowest BCUT2D eigenvalue weighted by Crippen LogP contribution is -2.13. The molecular weight excluding hydrogens is 222 g/mol. The van der Waals surface area contributed by atoms with Crippen LogP contribution in [-0.2, 0) is 0 Å². The Bertz CT molecular complexity index is 380. The number of pyridine rings is 1. The van der Waals surface area contributed by atoms with Gasteiger partial charge in [0.05, 0.1) is 5.56 Å². The fourth-order valence-electron chi connectivity index (χ4n) is 1.47. The second-order valence-corrected chi connectivity index (χ2v) is 4.07. The molecule has 0 aliphatic heterocycles. The summed E-state index contributed by atoms with van der Waals surface area (Å²) in [5.41, 5.74) is 0.462. The van der Waals surface area contributed by atoms with E-state index in [1.807, 2.05) is 6.07 Å². The lowest BCUT2D eigenvalue weighted by atomic mass is 10.0. The van der Waals surface area contributed by atoms with Crippen LogP contribution in [0.25, 0.3) is 0 Å². The van der Waals surface area contributed by atoms with E-state index in [0.29, 0.717) is 22.3 Å². The van der Waals surface area contributed by atoms with E-state index in [0.717, 1.165) is 19.4 Å². The molecule has 0 fully saturated rings. The molecule has 0 bridgehead atoms. The quantitative estimate of drug-likeness (QED) is 0.853. The van der Waals surface area contributed by atoms with Crippen molar-refractivity contribution < 1.29 is 0 Å². The maximum absolute atomic E-state index is 8.82. The lowest BCUT2D eigenvalue weighted by molar-refractivity contribution is 0.518. The Kier molecular flexibility index (Phi) is 5.07. The molecule has 86 valence electrons. The molecule has 0 atom stereocenters. The van der Waals surface area contributed by atoms with Gasteiger partial charge in [0, 0.05) is 12.7 Å². The van der Waals surface area contributed by atoms with Gasteiger partial charge in [-0.1, -0.05) is 38.3 Å². The maximum Gasteiger partial charge on any atom is 0.146 e. The molecule has 0 aliphatic carbocycles. The number of anilines is 1. The van der Waals surface area contributed by atoms with Gasteiger partial charge in [-0.3, -0.25) is 0 Å². The van der Waals surface area contributed by atoms with E-state index in [1.54, 1.807) is 12.3 Å². The van der Waals surface area contributed by atoms with Crippen LogP contribution in [0.1, 0.15) is 32.3 Å². The molecule has 0 saturated carbocycles. The summed E-state index contributed by atoms with van der Waals surface area (Å²) < 4.78 is 0. The van der Waals surface area contributed by atoms with Crippen molar-refractivity contribution in [2.24, 2.45) is 5.92 Å². The van der Waals surface area contributed by atoms with Gasteiger partial charge in [-0.15, -0.1) is 0 Å². The molecule has 1 aromatic heterocycles. The fraction of sp³-hybridized carbons (Fsp3) is 0.500. The highest BCUT2D eigenvalue weighted by molar-refractivity contribution is 6.34. The van der Waals surface area contributed by atoms with Crippen LogP contribution in [-0.4, -0.2) is 11.5 Å². The minimum Gasteiger partial charge on any atom is -0.369 e. The number of rotatable bonds is 5. The SMILES string of the molecule is CCC(CC)CNc1nccc(C#N)c1Cl. The van der Waals surface area contributed by atoms with Crippen molar-refractivity contribution in [3.63, 3.8) is 0 Å². The number of halogens is 1. The van der Waals surface area contributed by atoms with Crippen LogP contribution in [0.5, 0.6) is 0 Å². The molecule has 1 N–H and O–H groups in total. The summed E-state index contributed by atoms with van der Waals surface area (Å²) in [6, 6.07) is 3.66. The van der Waals surface area contributed by atoms with Gasteiger partial charge in [-0.25, -0.2) is 4.98 Å². The Labute approximate surface area is 101 Å². The summed E-state index contributed by atoms with van der Waals surface area (Å²) in [5, 5.41) is 12.4. The molecule has 4 heteroatoms. The summed E-state index contributed by atoms with van der Waals surface area (Å²) >= 11 is 6.03. The van der Waals surface area contributed by atoms with Gasteiger partial charge in [-0.2, -0.15) is 5.26 Å². The Balaban J connectivity index is 2.71. The van der Waals surface area contributed by atoms with Gasteiger partial charge in [0.2, 0.25) is 0 Å². The van der Waals surface area contributed by atoms with E-state index in [9.17, 15) is 0 Å². The van der Waals surface area contributed by atoms with Crippen molar-refractivity contribution in [1.29, 1.82) is 5.26 Å². The largest absolute Gasteiger partial charge is 0.369 e. The van der Waals surface area contributed by atoms with Gasteiger partial charge in [0.25, 0.3) is 0 Å². The van der Waals surface area contributed by atoms with Gasteiger partial charge in [0.1, 0.15) is 16.9 Å². The van der Waals surface area contributed by atoms with Crippen LogP contribution in [0.4, 0.5) is 5.82 Å². The first-order valence-corrected chi connectivity index (χ1v) is 5.89. The van der Waals surface area contributed by atoms with E-state index in [2.05, 4.69) is 24.1 Å². The number of hydrogen-bond donors (Lipinski definition) is 1. The Hall–Kier alpha value is -1.27. The van der Waals surface area contributed by atoms with Gasteiger partial charge in [-0.05, 0) is 12.0 Å². The van der Waals surface area contributed by atoms with Crippen LogP contribution < -0.4 is 5.32 Å². The summed E-state index contributed by atoms with van der Waals surface area (Å²) in [4.78, 5) is 4.13. The Morgan fingerprint density at radius 3 is 2.75 bits per heavy atom. The summed E-state index contributed by atoms with van der Waals surface area (Å²) in [6.07, 6.45) is 3.85. The fourth-order valence-corrected chi connectivity index (χ4v) is 1.69. The summed E-state index contributed by atoms with van der Waals surface area (Å²) in [7, 11) is 0. The smallest absolute Gasteiger partial charge is 0.146 e. The molecule has 1 aromatic rings. The van der Waals surface area contributed by atoms with Crippen molar-refractivity contribution in [1.82, 2.24) is 4.98 Å². The Morgan fingerprint density at radius 2 is 2.19 bits per heavy atom. The van der Waals surface area contributed by atoms with E-state index in [4.69, 9.17) is 16.9 Å². The zero-order valence-electron chi connectivity index (χ0n) is 9.63. The first-order valence-electron chi connectivity index (χ1n) is 5.51. The highest BCUT2D eigenvalue weighted by Crippen LogP contribution is 2.23. The van der Waals surface area contributed by atoms with E-state index >= 15 is 0 Å². The minimum atomic E-state index is 0.413. The van der Waals surface area contributed by atoms with Crippen molar-refractivity contribution in [3.8, 4) is 6.07 Å². The maximum atomic E-state index is 8.82. The lowest BCUT2D eigenvalue weighted by Gasteiger charge is -2.14. The number of aromatic nitrogens is 1. The number of hydrogen-bond acceptors (Lipinski definition) is 3. The molecule has 0 amide bonds. The predicted octanol–water partition coefficient (Wildman–Crippen LogP) is 3.45. The minimum absolute atomic E-state index is 0.413. The third-order valence-electron chi connectivity index (χ3n) is 2.72. The van der Waals surface area contributed by atoms with Crippen molar-refractivity contribution in [2.45, 2.75) is 26.7 Å². The van der Waals surface area contributed by atoms with Crippen molar-refractivity contribution in [2.75, 3.05) is 11.9 Å². The molecule has 16 heavy (non-hydrogen) atoms. The standard InChI is InChI=1S/C12H16ClN3/c1-3-9(4-2)8-16-12-11(13)10(7-14)5-6-15-12/h5-6,9H,3-4,8H2,1-2H3,(H,15,16). The molecule has 0 aliphatic rings. The average molecular weight is 238 g/mol. The average Bonchev–Trinajstić information content (AvgIpc) is 2.32. The van der Waals surface area contributed by atoms with Crippen LogP contribution in [0.15, 0.2) is 12.3 Å². The van der Waals surface area contributed by atoms with Gasteiger partial charge < -0.3 is 5.32 Å². The predicted molar refractivity (Wildman–Crippen MR) is 66.5 cm³/mol. The molecule has 1 rings (SSSR count). The molecule has 0 saturated heterocycles. The number of nitrogens with one attached hydrogen (secondary N) is 1. The molecule has 0 spiro atoms. The molecule has 0 radical (unpaired) electrons. The second kappa shape index (κ2) is 6.34. The molecule has 0 aromatic carbocycles. The van der Waals surface area contributed by atoms with Gasteiger partial charge in [0.15, 0.2) is 0 Å². The number of nitrogens with zero attached hydrogens (tertiary/aromatic N) is 2. The summed E-state index contributed by atoms with van der Waals surface area (Å²) in [6.45, 7) is 5.17. The molecule has 0 unspecified atom stereocenters. The topological polar surface area (TPSA) is 48.7 Å². The van der Waals surface area contributed by atoms with Crippen molar-refractivity contribution in [3.05, 3.63) is 22.8 Å². The number of nitriles is 1. The Morgan fingerprint density at radius 1 is 1.50 bits per heavy atom. The van der Waals surface area contributed by atoms with E-state index in [-0.39, 0.29) is 0 Å². The highest BCUT2D eigenvalue weighted by atomic mass is 35.5. The molecule has 3 nitrogen and oxygen atoms in total. The second-order valence-electron chi connectivity index (χ2n) is 3.70. The zero-order valence-corrected chi connectivity index (χ0v) is 10.4. The zero-order chi connectivity index (χ0) is 12.0. The van der Waals surface area contributed by atoms with Crippen LogP contribution in [0.3, 0.4) is 0 Å². The third kappa shape index (κ3) is 3.11.